The Morgan fingerprint density at radius 1 is 1.16 bits per heavy atom. The molecule has 0 atom stereocenters. The Bertz CT molecular complexity index is 734. The summed E-state index contributed by atoms with van der Waals surface area (Å²) < 4.78 is 10.7. The van der Waals surface area contributed by atoms with E-state index in [0.717, 1.165) is 48.1 Å². The highest BCUT2D eigenvalue weighted by atomic mass is 35.5. The number of hydrogen-bond donors (Lipinski definition) is 2. The van der Waals surface area contributed by atoms with Crippen molar-refractivity contribution < 1.29 is 9.47 Å². The van der Waals surface area contributed by atoms with Gasteiger partial charge < -0.3 is 20.1 Å². The van der Waals surface area contributed by atoms with Crippen molar-refractivity contribution in [3.8, 4) is 11.5 Å². The van der Waals surface area contributed by atoms with Crippen LogP contribution in [-0.4, -0.2) is 30.8 Å². The van der Waals surface area contributed by atoms with Gasteiger partial charge in [-0.3, -0.25) is 0 Å². The van der Waals surface area contributed by atoms with Crippen LogP contribution in [0.1, 0.15) is 18.1 Å². The first-order valence-electron chi connectivity index (χ1n) is 8.25. The molecule has 2 heterocycles. The molecule has 0 radical (unpaired) electrons. The molecule has 0 aliphatic carbocycles. The van der Waals surface area contributed by atoms with Crippen LogP contribution in [0.3, 0.4) is 0 Å². The van der Waals surface area contributed by atoms with Crippen molar-refractivity contribution in [3.63, 3.8) is 0 Å². The second-order valence-electron chi connectivity index (χ2n) is 5.55. The van der Waals surface area contributed by atoms with E-state index in [1.165, 1.54) is 0 Å². The molecular weight excluding hydrogens is 340 g/mol. The highest BCUT2D eigenvalue weighted by Gasteiger charge is 2.12. The largest absolute Gasteiger partial charge is 0.454 e. The summed E-state index contributed by atoms with van der Waals surface area (Å²) in [5.74, 6) is 2.34. The van der Waals surface area contributed by atoms with Crippen LogP contribution in [-0.2, 0) is 13.0 Å². The van der Waals surface area contributed by atoms with Gasteiger partial charge in [-0.2, -0.15) is 0 Å². The Balaban J connectivity index is 1.54. The zero-order chi connectivity index (χ0) is 17.5. The molecule has 0 spiro atoms. The lowest BCUT2D eigenvalue weighted by Gasteiger charge is -2.11. The fraction of sp³-hybridized carbons (Fsp3) is 0.333. The highest BCUT2D eigenvalue weighted by molar-refractivity contribution is 6.29. The second-order valence-corrected chi connectivity index (χ2v) is 5.94. The van der Waals surface area contributed by atoms with Gasteiger partial charge in [-0.05, 0) is 42.7 Å². The average Bonchev–Trinajstić information content (AvgIpc) is 3.09. The van der Waals surface area contributed by atoms with Crippen molar-refractivity contribution in [2.75, 3.05) is 19.9 Å². The zero-order valence-corrected chi connectivity index (χ0v) is 14.8. The Labute approximate surface area is 152 Å². The fourth-order valence-corrected chi connectivity index (χ4v) is 2.54. The van der Waals surface area contributed by atoms with Crippen molar-refractivity contribution in [3.05, 3.63) is 52.8 Å². The summed E-state index contributed by atoms with van der Waals surface area (Å²) in [5, 5.41) is 7.08. The molecular formula is C18H21ClN4O2. The number of fused-ring (bicyclic) bond motifs is 1. The van der Waals surface area contributed by atoms with Gasteiger partial charge >= 0.3 is 0 Å². The van der Waals surface area contributed by atoms with Crippen molar-refractivity contribution in [1.29, 1.82) is 0 Å². The fourth-order valence-electron chi connectivity index (χ4n) is 2.43. The lowest BCUT2D eigenvalue weighted by Crippen LogP contribution is -2.38. The van der Waals surface area contributed by atoms with Crippen molar-refractivity contribution in [2.45, 2.75) is 19.9 Å². The number of benzene rings is 1. The molecule has 0 amide bonds. The zero-order valence-electron chi connectivity index (χ0n) is 14.1. The van der Waals surface area contributed by atoms with Gasteiger partial charge in [0, 0.05) is 19.3 Å². The second kappa shape index (κ2) is 8.58. The SMILES string of the molecule is CCNC(=NCc1ccc2c(c1)OCO2)NCCc1ccc(Cl)nc1. The van der Waals surface area contributed by atoms with Gasteiger partial charge in [0.15, 0.2) is 17.5 Å². The molecule has 2 aromatic rings. The molecule has 25 heavy (non-hydrogen) atoms. The molecule has 2 N–H and O–H groups in total. The minimum atomic E-state index is 0.284. The first-order valence-corrected chi connectivity index (χ1v) is 8.63. The van der Waals surface area contributed by atoms with Crippen LogP contribution in [0.5, 0.6) is 11.5 Å². The van der Waals surface area contributed by atoms with Crippen molar-refractivity contribution >= 4 is 17.6 Å². The molecule has 0 unspecified atom stereocenters. The highest BCUT2D eigenvalue weighted by Crippen LogP contribution is 2.32. The van der Waals surface area contributed by atoms with Crippen LogP contribution >= 0.6 is 11.6 Å². The number of aliphatic imine (C=N–C) groups is 1. The number of hydrogen-bond acceptors (Lipinski definition) is 4. The van der Waals surface area contributed by atoms with Crippen LogP contribution in [0.2, 0.25) is 5.15 Å². The van der Waals surface area contributed by atoms with E-state index in [1.807, 2.05) is 31.2 Å². The van der Waals surface area contributed by atoms with Gasteiger partial charge in [0.2, 0.25) is 6.79 Å². The lowest BCUT2D eigenvalue weighted by molar-refractivity contribution is 0.174. The van der Waals surface area contributed by atoms with Gasteiger partial charge in [-0.15, -0.1) is 0 Å². The molecule has 1 aromatic heterocycles. The van der Waals surface area contributed by atoms with Gasteiger partial charge in [-0.1, -0.05) is 23.7 Å². The number of ether oxygens (including phenoxy) is 2. The average molecular weight is 361 g/mol. The summed E-state index contributed by atoms with van der Waals surface area (Å²) in [4.78, 5) is 8.70. The summed E-state index contributed by atoms with van der Waals surface area (Å²) in [7, 11) is 0. The number of nitrogens with one attached hydrogen (secondary N) is 2. The molecule has 3 rings (SSSR count). The summed E-state index contributed by atoms with van der Waals surface area (Å²) in [6.45, 7) is 4.45. The number of halogens is 1. The van der Waals surface area contributed by atoms with Crippen molar-refractivity contribution in [2.24, 2.45) is 4.99 Å². The van der Waals surface area contributed by atoms with E-state index < -0.39 is 0 Å². The van der Waals surface area contributed by atoms with E-state index in [1.54, 1.807) is 12.3 Å². The quantitative estimate of drug-likeness (QED) is 0.471. The van der Waals surface area contributed by atoms with Gasteiger partial charge in [0.05, 0.1) is 6.54 Å². The maximum Gasteiger partial charge on any atom is 0.231 e. The van der Waals surface area contributed by atoms with E-state index in [4.69, 9.17) is 21.1 Å². The molecule has 0 fully saturated rings. The van der Waals surface area contributed by atoms with E-state index in [0.29, 0.717) is 11.7 Å². The summed E-state index contributed by atoms with van der Waals surface area (Å²) in [5.41, 5.74) is 2.20. The Morgan fingerprint density at radius 2 is 2.00 bits per heavy atom. The predicted molar refractivity (Wildman–Crippen MR) is 98.3 cm³/mol. The third-order valence-electron chi connectivity index (χ3n) is 3.70. The first-order chi connectivity index (χ1) is 12.2. The molecule has 0 bridgehead atoms. The van der Waals surface area contributed by atoms with E-state index in [9.17, 15) is 0 Å². The Hall–Kier alpha value is -2.47. The van der Waals surface area contributed by atoms with Gasteiger partial charge in [0.1, 0.15) is 5.15 Å². The topological polar surface area (TPSA) is 67.8 Å². The third kappa shape index (κ3) is 5.00. The number of aromatic nitrogens is 1. The van der Waals surface area contributed by atoms with Crippen LogP contribution in [0.25, 0.3) is 0 Å². The third-order valence-corrected chi connectivity index (χ3v) is 3.92. The number of pyridine rings is 1. The van der Waals surface area contributed by atoms with Crippen LogP contribution in [0, 0.1) is 0 Å². The van der Waals surface area contributed by atoms with Crippen LogP contribution in [0.4, 0.5) is 0 Å². The summed E-state index contributed by atoms with van der Waals surface area (Å²) in [6, 6.07) is 9.67. The van der Waals surface area contributed by atoms with E-state index in [-0.39, 0.29) is 6.79 Å². The molecule has 7 heteroatoms. The Morgan fingerprint density at radius 3 is 2.80 bits per heavy atom. The first kappa shape index (κ1) is 17.4. The lowest BCUT2D eigenvalue weighted by atomic mass is 10.2. The standard InChI is InChI=1S/C18H21ClN4O2/c1-2-20-18(21-8-7-13-4-6-17(19)22-10-13)23-11-14-3-5-15-16(9-14)25-12-24-15/h3-6,9-10H,2,7-8,11-12H2,1H3,(H2,20,21,23). The molecule has 0 saturated heterocycles. The smallest absolute Gasteiger partial charge is 0.231 e. The molecule has 0 saturated carbocycles. The van der Waals surface area contributed by atoms with E-state index >= 15 is 0 Å². The predicted octanol–water partition coefficient (Wildman–Crippen LogP) is 2.76. The number of rotatable bonds is 6. The molecule has 1 aromatic carbocycles. The van der Waals surface area contributed by atoms with E-state index in [2.05, 4.69) is 20.6 Å². The molecule has 132 valence electrons. The van der Waals surface area contributed by atoms with Crippen LogP contribution in [0.15, 0.2) is 41.5 Å². The number of nitrogens with zero attached hydrogens (tertiary/aromatic N) is 2. The monoisotopic (exact) mass is 360 g/mol. The maximum atomic E-state index is 5.80. The number of guanidine groups is 1. The maximum absolute atomic E-state index is 5.80. The summed E-state index contributed by atoms with van der Waals surface area (Å²) in [6.07, 6.45) is 2.64. The normalized spacial score (nSPS) is 13.0. The minimum absolute atomic E-state index is 0.284. The molecule has 6 nitrogen and oxygen atoms in total. The molecule has 1 aliphatic rings. The summed E-state index contributed by atoms with van der Waals surface area (Å²) >= 11 is 5.80. The minimum Gasteiger partial charge on any atom is -0.454 e. The van der Waals surface area contributed by atoms with Gasteiger partial charge in [0.25, 0.3) is 0 Å². The molecule has 1 aliphatic heterocycles. The van der Waals surface area contributed by atoms with Crippen LogP contribution < -0.4 is 20.1 Å². The Kier molecular flexibility index (Phi) is 5.95. The van der Waals surface area contributed by atoms with Crippen molar-refractivity contribution in [1.82, 2.24) is 15.6 Å². The van der Waals surface area contributed by atoms with Gasteiger partial charge in [-0.25, -0.2) is 9.98 Å².